The highest BCUT2D eigenvalue weighted by molar-refractivity contribution is 6.33. The zero-order chi connectivity index (χ0) is 25.6. The van der Waals surface area contributed by atoms with Gasteiger partial charge in [-0.2, -0.15) is 10.1 Å². The molecular formula is C26H28ClN7O3. The molecule has 2 aromatic heterocycles. The molecule has 3 N–H and O–H groups in total. The van der Waals surface area contributed by atoms with Gasteiger partial charge in [0, 0.05) is 30.1 Å². The Morgan fingerprint density at radius 2 is 1.86 bits per heavy atom. The number of rotatable bonds is 6. The molecule has 192 valence electrons. The Labute approximate surface area is 219 Å². The number of halogens is 1. The smallest absolute Gasteiger partial charge is 0.227 e. The van der Waals surface area contributed by atoms with Crippen molar-refractivity contribution in [2.75, 3.05) is 48.9 Å². The predicted molar refractivity (Wildman–Crippen MR) is 144 cm³/mol. The van der Waals surface area contributed by atoms with E-state index in [-0.39, 0.29) is 11.8 Å². The van der Waals surface area contributed by atoms with Crippen LogP contribution in [-0.4, -0.2) is 59.5 Å². The van der Waals surface area contributed by atoms with Crippen molar-refractivity contribution in [2.45, 2.75) is 12.8 Å². The molecule has 1 saturated carbocycles. The van der Waals surface area contributed by atoms with Crippen molar-refractivity contribution in [1.82, 2.24) is 20.2 Å². The molecule has 11 heteroatoms. The number of amides is 1. The number of ether oxygens (including phenoxy) is 2. The maximum Gasteiger partial charge on any atom is 0.227 e. The number of fused-ring (bicyclic) bond motifs is 1. The largest absolute Gasteiger partial charge is 0.497 e. The van der Waals surface area contributed by atoms with Crippen LogP contribution in [0, 0.1) is 5.92 Å². The summed E-state index contributed by atoms with van der Waals surface area (Å²) in [7, 11) is 1.62. The first-order chi connectivity index (χ1) is 18.1. The number of nitrogens with zero attached hydrogens (tertiary/aromatic N) is 4. The van der Waals surface area contributed by atoms with Gasteiger partial charge in [-0.25, -0.2) is 4.98 Å². The lowest BCUT2D eigenvalue weighted by Crippen LogP contribution is -2.37. The van der Waals surface area contributed by atoms with Crippen LogP contribution >= 0.6 is 11.6 Å². The second-order valence-electron chi connectivity index (χ2n) is 8.70. The number of carbonyl (C=O) groups is 1. The van der Waals surface area contributed by atoms with Gasteiger partial charge in [0.1, 0.15) is 10.8 Å². The number of hydrogen-bond donors (Lipinski definition) is 3. The maximum absolute atomic E-state index is 11.4. The number of methoxy groups -OCH3 is 1. The van der Waals surface area contributed by atoms with Gasteiger partial charge in [-0.15, -0.1) is 0 Å². The number of carbonyl (C=O) groups excluding carboxylic acids is 1. The topological polar surface area (TPSA) is 117 Å². The standard InChI is InChI=1S/C15H15ClN6O.C11H13NO2/c16-11-9-17-15(22-5-7-23-8-6-22)19-14(11)18-13-10-3-1-2-4-12(10)20-21-13;1-14-10-6-4-9(5-7-10)12-11(13)8-2-3-8/h1-4,9H,5-8H2,(H2,17,18,19,20,21);4-8H,2-3H2,1H3,(H,12,13). The zero-order valence-electron chi connectivity index (χ0n) is 20.4. The van der Waals surface area contributed by atoms with Gasteiger partial charge in [0.15, 0.2) is 11.6 Å². The first-order valence-corrected chi connectivity index (χ1v) is 12.5. The van der Waals surface area contributed by atoms with Crippen molar-refractivity contribution in [3.8, 4) is 5.75 Å². The zero-order valence-corrected chi connectivity index (χ0v) is 21.2. The van der Waals surface area contributed by atoms with Crippen LogP contribution in [0.25, 0.3) is 10.9 Å². The number of hydrogen-bond acceptors (Lipinski definition) is 8. The first kappa shape index (κ1) is 24.8. The van der Waals surface area contributed by atoms with Crippen LogP contribution in [-0.2, 0) is 9.53 Å². The molecule has 2 aliphatic rings. The molecule has 1 aliphatic carbocycles. The van der Waals surface area contributed by atoms with Crippen molar-refractivity contribution in [3.05, 3.63) is 59.8 Å². The summed E-state index contributed by atoms with van der Waals surface area (Å²) in [5.41, 5.74) is 1.79. The molecule has 1 amide bonds. The Balaban J connectivity index is 0.000000171. The molecule has 0 bridgehead atoms. The lowest BCUT2D eigenvalue weighted by molar-refractivity contribution is -0.117. The van der Waals surface area contributed by atoms with Crippen LogP contribution in [0.15, 0.2) is 54.7 Å². The van der Waals surface area contributed by atoms with E-state index in [4.69, 9.17) is 21.1 Å². The number of nitrogens with one attached hydrogen (secondary N) is 3. The molecule has 10 nitrogen and oxygen atoms in total. The summed E-state index contributed by atoms with van der Waals surface area (Å²) in [6.45, 7) is 2.90. The number of benzene rings is 2. The van der Waals surface area contributed by atoms with E-state index in [0.29, 0.717) is 35.8 Å². The van der Waals surface area contributed by atoms with E-state index >= 15 is 0 Å². The number of aromatic amines is 1. The van der Waals surface area contributed by atoms with Gasteiger partial charge in [-0.1, -0.05) is 23.7 Å². The van der Waals surface area contributed by atoms with Gasteiger partial charge in [0.2, 0.25) is 11.9 Å². The Morgan fingerprint density at radius 1 is 1.11 bits per heavy atom. The van der Waals surface area contributed by atoms with Crippen LogP contribution in [0.5, 0.6) is 5.75 Å². The average molecular weight is 522 g/mol. The van der Waals surface area contributed by atoms with E-state index in [0.717, 1.165) is 48.3 Å². The number of H-pyrrole nitrogens is 1. The number of morpholine rings is 1. The van der Waals surface area contributed by atoms with Gasteiger partial charge in [-0.3, -0.25) is 9.89 Å². The third-order valence-corrected chi connectivity index (χ3v) is 6.31. The quantitative estimate of drug-likeness (QED) is 0.336. The minimum absolute atomic E-state index is 0.134. The molecule has 37 heavy (non-hydrogen) atoms. The van der Waals surface area contributed by atoms with Crippen LogP contribution < -0.4 is 20.3 Å². The van der Waals surface area contributed by atoms with E-state index < -0.39 is 0 Å². The molecule has 1 aliphatic heterocycles. The SMILES string of the molecule is COc1ccc(NC(=O)C2CC2)cc1.Clc1cnc(N2CCOCC2)nc1Nc1n[nH]c2ccccc12. The lowest BCUT2D eigenvalue weighted by Gasteiger charge is -2.27. The molecule has 0 unspecified atom stereocenters. The van der Waals surface area contributed by atoms with E-state index in [2.05, 4.69) is 35.7 Å². The van der Waals surface area contributed by atoms with E-state index in [1.165, 1.54) is 0 Å². The molecule has 4 aromatic rings. The van der Waals surface area contributed by atoms with Gasteiger partial charge in [0.05, 0.1) is 32.0 Å². The summed E-state index contributed by atoms with van der Waals surface area (Å²) in [6, 6.07) is 15.2. The van der Waals surface area contributed by atoms with Crippen molar-refractivity contribution >= 4 is 51.7 Å². The second-order valence-corrected chi connectivity index (χ2v) is 9.11. The molecule has 2 fully saturated rings. The van der Waals surface area contributed by atoms with Crippen LogP contribution in [0.1, 0.15) is 12.8 Å². The summed E-state index contributed by atoms with van der Waals surface area (Å²) in [5, 5.41) is 14.8. The monoisotopic (exact) mass is 521 g/mol. The second kappa shape index (κ2) is 11.4. The Bertz CT molecular complexity index is 1350. The minimum Gasteiger partial charge on any atom is -0.497 e. The van der Waals surface area contributed by atoms with Crippen molar-refractivity contribution in [2.24, 2.45) is 5.92 Å². The molecule has 1 saturated heterocycles. The maximum atomic E-state index is 11.4. The molecule has 3 heterocycles. The highest BCUT2D eigenvalue weighted by Crippen LogP contribution is 2.30. The molecule has 0 spiro atoms. The lowest BCUT2D eigenvalue weighted by atomic mass is 10.2. The third-order valence-electron chi connectivity index (χ3n) is 6.04. The Hall–Kier alpha value is -3.89. The molecule has 2 aromatic carbocycles. The fourth-order valence-electron chi connectivity index (χ4n) is 3.80. The van der Waals surface area contributed by atoms with Gasteiger partial charge in [-0.05, 0) is 49.2 Å². The van der Waals surface area contributed by atoms with Crippen LogP contribution in [0.2, 0.25) is 5.02 Å². The summed E-state index contributed by atoms with van der Waals surface area (Å²) >= 11 is 6.23. The van der Waals surface area contributed by atoms with Gasteiger partial charge < -0.3 is 25.0 Å². The van der Waals surface area contributed by atoms with E-state index in [9.17, 15) is 4.79 Å². The first-order valence-electron chi connectivity index (χ1n) is 12.1. The highest BCUT2D eigenvalue weighted by Gasteiger charge is 2.29. The summed E-state index contributed by atoms with van der Waals surface area (Å²) in [6.07, 6.45) is 3.67. The summed E-state index contributed by atoms with van der Waals surface area (Å²) < 4.78 is 10.4. The molecule has 6 rings (SSSR count). The normalized spacial score (nSPS) is 15.0. The van der Waals surface area contributed by atoms with Crippen molar-refractivity contribution in [1.29, 1.82) is 0 Å². The predicted octanol–water partition coefficient (Wildman–Crippen LogP) is 4.63. The van der Waals surface area contributed by atoms with E-state index in [1.54, 1.807) is 13.3 Å². The van der Waals surface area contributed by atoms with Gasteiger partial charge in [0.25, 0.3) is 0 Å². The summed E-state index contributed by atoms with van der Waals surface area (Å²) in [4.78, 5) is 22.3. The summed E-state index contributed by atoms with van der Waals surface area (Å²) in [5.74, 6) is 3.05. The molecule has 0 atom stereocenters. The minimum atomic E-state index is 0.134. The third kappa shape index (κ3) is 6.28. The Morgan fingerprint density at radius 3 is 2.59 bits per heavy atom. The number of para-hydroxylation sites is 1. The van der Waals surface area contributed by atoms with Crippen molar-refractivity contribution in [3.63, 3.8) is 0 Å². The van der Waals surface area contributed by atoms with Crippen LogP contribution in [0.4, 0.5) is 23.3 Å². The Kier molecular flexibility index (Phi) is 7.67. The highest BCUT2D eigenvalue weighted by atomic mass is 35.5. The van der Waals surface area contributed by atoms with E-state index in [1.807, 2.05) is 48.5 Å². The molecular weight excluding hydrogens is 494 g/mol. The number of aromatic nitrogens is 4. The fraction of sp³-hybridized carbons (Fsp3) is 0.308. The average Bonchev–Trinajstić information content (AvgIpc) is 3.73. The van der Waals surface area contributed by atoms with Crippen molar-refractivity contribution < 1.29 is 14.3 Å². The number of anilines is 4. The fourth-order valence-corrected chi connectivity index (χ4v) is 3.93. The van der Waals surface area contributed by atoms with Gasteiger partial charge >= 0.3 is 0 Å². The molecule has 0 radical (unpaired) electrons. The van der Waals surface area contributed by atoms with Crippen LogP contribution in [0.3, 0.4) is 0 Å².